The molecule has 0 fully saturated rings. The minimum atomic E-state index is 0.340. The second-order valence-electron chi connectivity index (χ2n) is 5.11. The number of hydrogen-bond donors (Lipinski definition) is 2. The van der Waals surface area contributed by atoms with Gasteiger partial charge in [0.05, 0.1) is 0 Å². The molecule has 19 heavy (non-hydrogen) atoms. The van der Waals surface area contributed by atoms with E-state index in [9.17, 15) is 5.11 Å². The Kier molecular flexibility index (Phi) is 3.85. The van der Waals surface area contributed by atoms with E-state index in [-0.39, 0.29) is 0 Å². The molecule has 0 saturated carbocycles. The van der Waals surface area contributed by atoms with Crippen molar-refractivity contribution in [1.82, 2.24) is 5.32 Å². The average molecular weight is 273 g/mol. The van der Waals surface area contributed by atoms with E-state index in [2.05, 4.69) is 16.8 Å². The Bertz CT molecular complexity index is 532. The van der Waals surface area contributed by atoms with E-state index in [4.69, 9.17) is 0 Å². The van der Waals surface area contributed by atoms with Crippen LogP contribution in [0.4, 0.5) is 0 Å². The number of aromatic hydroxyl groups is 1. The van der Waals surface area contributed by atoms with Gasteiger partial charge in [-0.3, -0.25) is 0 Å². The first-order chi connectivity index (χ1) is 9.33. The minimum absolute atomic E-state index is 0.340. The molecule has 2 N–H and O–H groups in total. The number of phenols is 1. The fraction of sp³-hybridized carbons (Fsp3) is 0.375. The number of hydrogen-bond acceptors (Lipinski definition) is 3. The molecule has 1 aromatic heterocycles. The predicted octanol–water partition coefficient (Wildman–Crippen LogP) is 3.66. The van der Waals surface area contributed by atoms with Gasteiger partial charge in [-0.1, -0.05) is 12.1 Å². The quantitative estimate of drug-likeness (QED) is 0.891. The van der Waals surface area contributed by atoms with Gasteiger partial charge >= 0.3 is 0 Å². The highest BCUT2D eigenvalue weighted by Gasteiger charge is 2.20. The number of rotatable bonds is 4. The van der Waals surface area contributed by atoms with Crippen LogP contribution in [0.15, 0.2) is 35.7 Å². The summed E-state index contributed by atoms with van der Waals surface area (Å²) in [5, 5.41) is 15.1. The van der Waals surface area contributed by atoms with Crippen LogP contribution in [-0.4, -0.2) is 11.7 Å². The maximum absolute atomic E-state index is 9.26. The van der Waals surface area contributed by atoms with Crippen molar-refractivity contribution in [2.75, 3.05) is 6.54 Å². The third-order valence-corrected chi connectivity index (χ3v) is 4.79. The molecule has 1 atom stereocenters. The van der Waals surface area contributed by atoms with Gasteiger partial charge in [-0.05, 0) is 66.9 Å². The van der Waals surface area contributed by atoms with Crippen LogP contribution in [0.2, 0.25) is 0 Å². The van der Waals surface area contributed by atoms with Crippen molar-refractivity contribution in [2.45, 2.75) is 31.7 Å². The van der Waals surface area contributed by atoms with Crippen molar-refractivity contribution in [2.24, 2.45) is 0 Å². The second kappa shape index (κ2) is 5.76. The third kappa shape index (κ3) is 2.99. The van der Waals surface area contributed by atoms with Crippen LogP contribution in [0.3, 0.4) is 0 Å². The molecule has 0 radical (unpaired) electrons. The normalized spacial score (nSPS) is 18.2. The van der Waals surface area contributed by atoms with Gasteiger partial charge in [0.2, 0.25) is 0 Å². The van der Waals surface area contributed by atoms with E-state index < -0.39 is 0 Å². The maximum atomic E-state index is 9.26. The van der Waals surface area contributed by atoms with Crippen LogP contribution < -0.4 is 5.32 Å². The van der Waals surface area contributed by atoms with E-state index >= 15 is 0 Å². The number of phenolic OH excluding ortho intramolecular Hbond substituents is 1. The number of aryl methyl sites for hydroxylation is 1. The molecule has 0 spiro atoms. The summed E-state index contributed by atoms with van der Waals surface area (Å²) in [6.07, 6.45) is 4.81. The van der Waals surface area contributed by atoms with Crippen LogP contribution in [-0.2, 0) is 12.8 Å². The zero-order valence-corrected chi connectivity index (χ0v) is 11.7. The van der Waals surface area contributed by atoms with Crippen LogP contribution in [0.5, 0.6) is 5.75 Å². The molecule has 1 aliphatic carbocycles. The number of thiophene rings is 1. The number of benzene rings is 1. The second-order valence-corrected chi connectivity index (χ2v) is 6.12. The third-order valence-electron chi connectivity index (χ3n) is 3.79. The first kappa shape index (κ1) is 12.7. The van der Waals surface area contributed by atoms with E-state index in [1.165, 1.54) is 30.4 Å². The highest BCUT2D eigenvalue weighted by molar-refractivity contribution is 7.10. The Hall–Kier alpha value is -1.32. The van der Waals surface area contributed by atoms with Crippen LogP contribution in [0.25, 0.3) is 0 Å². The zero-order valence-electron chi connectivity index (χ0n) is 10.9. The van der Waals surface area contributed by atoms with E-state index in [1.54, 1.807) is 17.0 Å². The van der Waals surface area contributed by atoms with Gasteiger partial charge in [0.1, 0.15) is 5.75 Å². The molecule has 100 valence electrons. The summed E-state index contributed by atoms with van der Waals surface area (Å²) in [4.78, 5) is 1.56. The summed E-state index contributed by atoms with van der Waals surface area (Å²) in [7, 11) is 0. The molecule has 2 nitrogen and oxygen atoms in total. The van der Waals surface area contributed by atoms with Gasteiger partial charge in [0, 0.05) is 10.9 Å². The molecule has 1 heterocycles. The summed E-state index contributed by atoms with van der Waals surface area (Å²) in [5.74, 6) is 0.340. The van der Waals surface area contributed by atoms with Crippen molar-refractivity contribution in [1.29, 1.82) is 0 Å². The molecule has 3 heteroatoms. The zero-order chi connectivity index (χ0) is 13.1. The molecule has 0 aliphatic heterocycles. The molecule has 3 rings (SSSR count). The lowest BCUT2D eigenvalue weighted by atomic mass is 9.94. The molecule has 0 saturated heterocycles. The van der Waals surface area contributed by atoms with Crippen molar-refractivity contribution in [3.8, 4) is 5.75 Å². The Balaban J connectivity index is 1.55. The molecule has 2 aromatic rings. The predicted molar refractivity (Wildman–Crippen MR) is 79.8 cm³/mol. The minimum Gasteiger partial charge on any atom is -0.508 e. The fourth-order valence-electron chi connectivity index (χ4n) is 2.75. The molecule has 1 aliphatic rings. The summed E-state index contributed by atoms with van der Waals surface area (Å²) >= 11 is 1.89. The first-order valence-electron chi connectivity index (χ1n) is 6.90. The topological polar surface area (TPSA) is 32.3 Å². The van der Waals surface area contributed by atoms with Crippen molar-refractivity contribution < 1.29 is 5.11 Å². The SMILES string of the molecule is Oc1ccc(CCNC2CCCc3sccc32)cc1. The average Bonchev–Trinajstić information content (AvgIpc) is 2.90. The monoisotopic (exact) mass is 273 g/mol. The molecular formula is C16H19NOS. The van der Waals surface area contributed by atoms with Gasteiger partial charge in [-0.2, -0.15) is 0 Å². The van der Waals surface area contributed by atoms with E-state index in [0.717, 1.165) is 13.0 Å². The summed E-state index contributed by atoms with van der Waals surface area (Å²) in [5.41, 5.74) is 2.79. The van der Waals surface area contributed by atoms with Gasteiger partial charge in [-0.15, -0.1) is 11.3 Å². The van der Waals surface area contributed by atoms with Crippen LogP contribution in [0, 0.1) is 0 Å². The molecule has 0 bridgehead atoms. The Morgan fingerprint density at radius 3 is 2.89 bits per heavy atom. The lowest BCUT2D eigenvalue weighted by Gasteiger charge is -2.23. The lowest BCUT2D eigenvalue weighted by Crippen LogP contribution is -2.26. The Labute approximate surface area is 118 Å². The lowest BCUT2D eigenvalue weighted by molar-refractivity contribution is 0.466. The maximum Gasteiger partial charge on any atom is 0.115 e. The molecule has 1 aromatic carbocycles. The van der Waals surface area contributed by atoms with Crippen molar-refractivity contribution >= 4 is 11.3 Å². The highest BCUT2D eigenvalue weighted by atomic mass is 32.1. The van der Waals surface area contributed by atoms with E-state index in [1.807, 2.05) is 23.5 Å². The standard InChI is InChI=1S/C16H19NOS/c18-13-6-4-12(5-7-13)8-10-17-15-2-1-3-16-14(15)9-11-19-16/h4-7,9,11,15,17-18H,1-3,8,10H2. The Morgan fingerprint density at radius 2 is 2.05 bits per heavy atom. The number of fused-ring (bicyclic) bond motifs is 1. The smallest absolute Gasteiger partial charge is 0.115 e. The van der Waals surface area contributed by atoms with Gasteiger partial charge < -0.3 is 10.4 Å². The summed E-state index contributed by atoms with van der Waals surface area (Å²) < 4.78 is 0. The summed E-state index contributed by atoms with van der Waals surface area (Å²) in [6.45, 7) is 0.991. The number of nitrogens with one attached hydrogen (secondary N) is 1. The van der Waals surface area contributed by atoms with Gasteiger partial charge in [-0.25, -0.2) is 0 Å². The van der Waals surface area contributed by atoms with Crippen LogP contribution >= 0.6 is 11.3 Å². The molecular weight excluding hydrogens is 254 g/mol. The van der Waals surface area contributed by atoms with E-state index in [0.29, 0.717) is 11.8 Å². The van der Waals surface area contributed by atoms with Crippen molar-refractivity contribution in [3.05, 3.63) is 51.7 Å². The largest absolute Gasteiger partial charge is 0.508 e. The van der Waals surface area contributed by atoms with Crippen molar-refractivity contribution in [3.63, 3.8) is 0 Å². The van der Waals surface area contributed by atoms with Gasteiger partial charge in [0.25, 0.3) is 0 Å². The molecule has 0 amide bonds. The van der Waals surface area contributed by atoms with Crippen LogP contribution in [0.1, 0.15) is 34.9 Å². The highest BCUT2D eigenvalue weighted by Crippen LogP contribution is 2.33. The summed E-state index contributed by atoms with van der Waals surface area (Å²) in [6, 6.07) is 10.3. The first-order valence-corrected chi connectivity index (χ1v) is 7.78. The Morgan fingerprint density at radius 1 is 1.21 bits per heavy atom. The molecule has 1 unspecified atom stereocenters. The fourth-order valence-corrected chi connectivity index (χ4v) is 3.74. The van der Waals surface area contributed by atoms with Gasteiger partial charge in [0.15, 0.2) is 0 Å².